The van der Waals surface area contributed by atoms with Crippen molar-refractivity contribution in [3.63, 3.8) is 0 Å². The quantitative estimate of drug-likeness (QED) is 0.752. The third-order valence-corrected chi connectivity index (χ3v) is 3.76. The first-order chi connectivity index (χ1) is 8.74. The maximum absolute atomic E-state index is 12.7. The van der Waals surface area contributed by atoms with Crippen LogP contribution in [0, 0.1) is 0 Å². The van der Waals surface area contributed by atoms with Gasteiger partial charge in [-0.3, -0.25) is 4.79 Å². The van der Waals surface area contributed by atoms with E-state index in [1.54, 1.807) is 0 Å². The normalized spacial score (nSPS) is 16.3. The molecule has 98 valence electrons. The van der Waals surface area contributed by atoms with Gasteiger partial charge in [-0.15, -0.1) is 0 Å². The molecule has 1 saturated carbocycles. The van der Waals surface area contributed by atoms with Crippen LogP contribution >= 0.6 is 0 Å². The Morgan fingerprint density at radius 1 is 1.11 bits per heavy atom. The van der Waals surface area contributed by atoms with Crippen molar-refractivity contribution in [1.29, 1.82) is 0 Å². The van der Waals surface area contributed by atoms with Crippen molar-refractivity contribution in [2.24, 2.45) is 0 Å². The van der Waals surface area contributed by atoms with Gasteiger partial charge in [0.1, 0.15) is 0 Å². The maximum Gasteiger partial charge on any atom is 0.233 e. The van der Waals surface area contributed by atoms with Crippen LogP contribution in [-0.2, 0) is 10.2 Å². The van der Waals surface area contributed by atoms with E-state index in [9.17, 15) is 4.79 Å². The van der Waals surface area contributed by atoms with E-state index in [0.717, 1.165) is 38.8 Å². The van der Waals surface area contributed by atoms with Crippen molar-refractivity contribution < 1.29 is 4.79 Å². The molecule has 0 saturated heterocycles. The van der Waals surface area contributed by atoms with Gasteiger partial charge in [0.05, 0.1) is 5.41 Å². The first kappa shape index (κ1) is 13.1. The van der Waals surface area contributed by atoms with E-state index in [1.165, 1.54) is 5.56 Å². The van der Waals surface area contributed by atoms with Crippen molar-refractivity contribution in [3.8, 4) is 0 Å². The molecule has 1 fully saturated rings. The molecule has 0 atom stereocenters. The molecule has 2 rings (SSSR count). The SMILES string of the molecule is CCCN(CCC)C(=O)C1(c2ccccc2)CC1. The van der Waals surface area contributed by atoms with Crippen LogP contribution in [0.2, 0.25) is 0 Å². The summed E-state index contributed by atoms with van der Waals surface area (Å²) in [6.45, 7) is 6.05. The highest BCUT2D eigenvalue weighted by Crippen LogP contribution is 2.49. The lowest BCUT2D eigenvalue weighted by Gasteiger charge is -2.27. The van der Waals surface area contributed by atoms with E-state index in [0.29, 0.717) is 5.91 Å². The fourth-order valence-corrected chi connectivity index (χ4v) is 2.67. The first-order valence-corrected chi connectivity index (χ1v) is 7.09. The molecule has 0 aliphatic heterocycles. The summed E-state index contributed by atoms with van der Waals surface area (Å²) in [5.41, 5.74) is 1.01. The van der Waals surface area contributed by atoms with E-state index in [1.807, 2.05) is 18.2 Å². The molecule has 0 bridgehead atoms. The number of carbonyl (C=O) groups is 1. The molecule has 2 nitrogen and oxygen atoms in total. The van der Waals surface area contributed by atoms with Crippen LogP contribution in [0.25, 0.3) is 0 Å². The van der Waals surface area contributed by atoms with Gasteiger partial charge in [-0.25, -0.2) is 0 Å². The van der Waals surface area contributed by atoms with Crippen LogP contribution in [0.1, 0.15) is 45.1 Å². The highest BCUT2D eigenvalue weighted by atomic mass is 16.2. The van der Waals surface area contributed by atoms with Crippen LogP contribution in [0.3, 0.4) is 0 Å². The number of carbonyl (C=O) groups excluding carboxylic acids is 1. The van der Waals surface area contributed by atoms with Gasteiger partial charge in [0.25, 0.3) is 0 Å². The first-order valence-electron chi connectivity index (χ1n) is 7.09. The summed E-state index contributed by atoms with van der Waals surface area (Å²) in [6.07, 6.45) is 4.10. The van der Waals surface area contributed by atoms with Crippen molar-refractivity contribution >= 4 is 5.91 Å². The summed E-state index contributed by atoms with van der Waals surface area (Å²) in [5.74, 6) is 0.345. The van der Waals surface area contributed by atoms with E-state index in [-0.39, 0.29) is 5.41 Å². The number of hydrogen-bond acceptors (Lipinski definition) is 1. The van der Waals surface area contributed by atoms with E-state index < -0.39 is 0 Å². The van der Waals surface area contributed by atoms with E-state index in [4.69, 9.17) is 0 Å². The van der Waals surface area contributed by atoms with Gasteiger partial charge in [-0.1, -0.05) is 44.2 Å². The average Bonchev–Trinajstić information content (AvgIpc) is 3.20. The molecule has 1 aliphatic carbocycles. The maximum atomic E-state index is 12.7. The predicted octanol–water partition coefficient (Wildman–Crippen LogP) is 3.37. The van der Waals surface area contributed by atoms with Gasteiger partial charge in [0, 0.05) is 13.1 Å². The monoisotopic (exact) mass is 245 g/mol. The third-order valence-electron chi connectivity index (χ3n) is 3.76. The molecule has 0 spiro atoms. The zero-order valence-electron chi connectivity index (χ0n) is 11.5. The van der Waals surface area contributed by atoms with Crippen molar-refractivity contribution in [2.75, 3.05) is 13.1 Å². The molecule has 1 aromatic carbocycles. The summed E-state index contributed by atoms with van der Waals surface area (Å²) < 4.78 is 0. The minimum Gasteiger partial charge on any atom is -0.342 e. The molecule has 0 aromatic heterocycles. The topological polar surface area (TPSA) is 20.3 Å². The summed E-state index contributed by atoms with van der Waals surface area (Å²) >= 11 is 0. The zero-order chi connectivity index (χ0) is 13.0. The Bertz CT molecular complexity index is 389. The summed E-state index contributed by atoms with van der Waals surface area (Å²) in [7, 11) is 0. The van der Waals surface area contributed by atoms with Gasteiger partial charge < -0.3 is 4.90 Å². The second-order valence-electron chi connectivity index (χ2n) is 5.24. The fraction of sp³-hybridized carbons (Fsp3) is 0.562. The molecule has 0 heterocycles. The van der Waals surface area contributed by atoms with Gasteiger partial charge in [0.15, 0.2) is 0 Å². The lowest BCUT2D eigenvalue weighted by atomic mass is 9.94. The number of nitrogens with zero attached hydrogens (tertiary/aromatic N) is 1. The average molecular weight is 245 g/mol. The molecule has 2 heteroatoms. The molecule has 18 heavy (non-hydrogen) atoms. The molecule has 0 radical (unpaired) electrons. The lowest BCUT2D eigenvalue weighted by molar-refractivity contribution is -0.134. The standard InChI is InChI=1S/C16H23NO/c1-3-12-17(13-4-2)15(18)16(10-11-16)14-8-6-5-7-9-14/h5-9H,3-4,10-13H2,1-2H3. The Kier molecular flexibility index (Phi) is 4.05. The number of rotatable bonds is 6. The number of hydrogen-bond donors (Lipinski definition) is 0. The van der Waals surface area contributed by atoms with Gasteiger partial charge >= 0.3 is 0 Å². The number of benzene rings is 1. The summed E-state index contributed by atoms with van der Waals surface area (Å²) in [5, 5.41) is 0. The minimum atomic E-state index is -0.189. The Hall–Kier alpha value is -1.31. The molecule has 1 aliphatic rings. The van der Waals surface area contributed by atoms with E-state index >= 15 is 0 Å². The number of amides is 1. The largest absolute Gasteiger partial charge is 0.342 e. The summed E-state index contributed by atoms with van der Waals surface area (Å²) in [4.78, 5) is 14.8. The smallest absolute Gasteiger partial charge is 0.233 e. The van der Waals surface area contributed by atoms with Crippen LogP contribution in [0.15, 0.2) is 30.3 Å². The molecular formula is C16H23NO. The fourth-order valence-electron chi connectivity index (χ4n) is 2.67. The highest BCUT2D eigenvalue weighted by Gasteiger charge is 2.52. The minimum absolute atomic E-state index is 0.189. The molecule has 0 N–H and O–H groups in total. The molecular weight excluding hydrogens is 222 g/mol. The van der Waals surface area contributed by atoms with Crippen molar-refractivity contribution in [2.45, 2.75) is 44.9 Å². The Morgan fingerprint density at radius 3 is 2.11 bits per heavy atom. The van der Waals surface area contributed by atoms with Crippen LogP contribution in [0.5, 0.6) is 0 Å². The Labute approximate surface area is 110 Å². The van der Waals surface area contributed by atoms with Crippen LogP contribution < -0.4 is 0 Å². The van der Waals surface area contributed by atoms with Crippen LogP contribution in [-0.4, -0.2) is 23.9 Å². The highest BCUT2D eigenvalue weighted by molar-refractivity contribution is 5.91. The van der Waals surface area contributed by atoms with Gasteiger partial charge in [0.2, 0.25) is 5.91 Å². The Morgan fingerprint density at radius 2 is 1.67 bits per heavy atom. The van der Waals surface area contributed by atoms with Crippen molar-refractivity contribution in [1.82, 2.24) is 4.90 Å². The third kappa shape index (κ3) is 2.43. The second-order valence-corrected chi connectivity index (χ2v) is 5.24. The molecule has 1 amide bonds. The Balaban J connectivity index is 2.17. The van der Waals surface area contributed by atoms with Crippen LogP contribution in [0.4, 0.5) is 0 Å². The zero-order valence-corrected chi connectivity index (χ0v) is 11.5. The lowest BCUT2D eigenvalue weighted by Crippen LogP contribution is -2.40. The second kappa shape index (κ2) is 5.55. The van der Waals surface area contributed by atoms with Gasteiger partial charge in [-0.05, 0) is 31.2 Å². The summed E-state index contributed by atoms with van der Waals surface area (Å²) in [6, 6.07) is 10.3. The molecule has 0 unspecified atom stereocenters. The predicted molar refractivity (Wildman–Crippen MR) is 74.5 cm³/mol. The van der Waals surface area contributed by atoms with E-state index in [2.05, 4.69) is 30.9 Å². The van der Waals surface area contributed by atoms with Gasteiger partial charge in [-0.2, -0.15) is 0 Å². The molecule has 1 aromatic rings. The van der Waals surface area contributed by atoms with Crippen molar-refractivity contribution in [3.05, 3.63) is 35.9 Å².